The highest BCUT2D eigenvalue weighted by Crippen LogP contribution is 2.33. The number of hydrogen-bond donors (Lipinski definition) is 1. The summed E-state index contributed by atoms with van der Waals surface area (Å²) in [7, 11) is -0.480. The molecule has 2 N–H and O–H groups in total. The van der Waals surface area contributed by atoms with Crippen molar-refractivity contribution in [3.8, 4) is 11.1 Å². The van der Waals surface area contributed by atoms with Crippen molar-refractivity contribution < 1.29 is 8.42 Å². The van der Waals surface area contributed by atoms with Gasteiger partial charge in [0, 0.05) is 29.8 Å². The van der Waals surface area contributed by atoms with E-state index in [1.54, 1.807) is 12.1 Å². The third kappa shape index (κ3) is 2.72. The zero-order valence-electron chi connectivity index (χ0n) is 11.2. The lowest BCUT2D eigenvalue weighted by Gasteiger charge is -2.14. The number of anilines is 1. The van der Waals surface area contributed by atoms with Crippen molar-refractivity contribution in [3.63, 3.8) is 0 Å². The van der Waals surface area contributed by atoms with Gasteiger partial charge >= 0.3 is 0 Å². The van der Waals surface area contributed by atoms with Gasteiger partial charge in [0.15, 0.2) is 0 Å². The van der Waals surface area contributed by atoms with Gasteiger partial charge in [-0.05, 0) is 23.8 Å². The molecule has 0 unspecified atom stereocenters. The summed E-state index contributed by atoms with van der Waals surface area (Å²) in [6.45, 7) is 0. The summed E-state index contributed by atoms with van der Waals surface area (Å²) in [5.74, 6) is 0. The van der Waals surface area contributed by atoms with Crippen LogP contribution in [0, 0.1) is 0 Å². The Kier molecular flexibility index (Phi) is 4.17. The Morgan fingerprint density at radius 2 is 1.70 bits per heavy atom. The first-order valence-corrected chi connectivity index (χ1v) is 8.14. The molecule has 0 bridgehead atoms. The van der Waals surface area contributed by atoms with E-state index < -0.39 is 10.0 Å². The summed E-state index contributed by atoms with van der Waals surface area (Å²) in [5, 5.41) is 0. The van der Waals surface area contributed by atoms with Crippen LogP contribution in [0.5, 0.6) is 0 Å². The quantitative estimate of drug-likeness (QED) is 0.861. The second kappa shape index (κ2) is 5.55. The third-order valence-corrected chi connectivity index (χ3v) is 5.47. The lowest BCUT2D eigenvalue weighted by atomic mass is 10.0. The van der Waals surface area contributed by atoms with Crippen LogP contribution in [0.1, 0.15) is 0 Å². The highest BCUT2D eigenvalue weighted by molar-refractivity contribution is 9.10. The van der Waals surface area contributed by atoms with Crippen molar-refractivity contribution in [1.29, 1.82) is 0 Å². The predicted molar refractivity (Wildman–Crippen MR) is 84.9 cm³/mol. The summed E-state index contributed by atoms with van der Waals surface area (Å²) in [6.07, 6.45) is 0. The largest absolute Gasteiger partial charge is 0.398 e. The first-order chi connectivity index (χ1) is 9.34. The van der Waals surface area contributed by atoms with E-state index in [0.717, 1.165) is 15.6 Å². The molecular formula is C14H15BrN2O2S. The van der Waals surface area contributed by atoms with Gasteiger partial charge in [-0.2, -0.15) is 0 Å². The van der Waals surface area contributed by atoms with Crippen LogP contribution in [0.2, 0.25) is 0 Å². The number of benzene rings is 2. The van der Waals surface area contributed by atoms with E-state index in [1.165, 1.54) is 24.5 Å². The number of rotatable bonds is 3. The summed E-state index contributed by atoms with van der Waals surface area (Å²) in [5.41, 5.74) is 8.18. The predicted octanol–water partition coefficient (Wildman–Crippen LogP) is 2.95. The lowest BCUT2D eigenvalue weighted by Crippen LogP contribution is -2.22. The molecule has 0 heterocycles. The highest BCUT2D eigenvalue weighted by atomic mass is 79.9. The van der Waals surface area contributed by atoms with Gasteiger partial charge in [-0.3, -0.25) is 0 Å². The Labute approximate surface area is 127 Å². The normalized spacial score (nSPS) is 11.8. The molecule has 0 saturated heterocycles. The average molecular weight is 355 g/mol. The molecule has 6 heteroatoms. The Hall–Kier alpha value is -1.37. The summed E-state index contributed by atoms with van der Waals surface area (Å²) in [4.78, 5) is 0.191. The number of hydrogen-bond acceptors (Lipinski definition) is 3. The zero-order chi connectivity index (χ0) is 14.9. The molecule has 106 valence electrons. The van der Waals surface area contributed by atoms with Crippen molar-refractivity contribution >= 4 is 31.6 Å². The van der Waals surface area contributed by atoms with Gasteiger partial charge in [-0.1, -0.05) is 40.2 Å². The molecule has 0 aliphatic carbocycles. The minimum atomic E-state index is -3.47. The zero-order valence-corrected chi connectivity index (χ0v) is 13.6. The first-order valence-electron chi connectivity index (χ1n) is 5.91. The molecule has 0 spiro atoms. The molecule has 0 aliphatic heterocycles. The highest BCUT2D eigenvalue weighted by Gasteiger charge is 2.18. The van der Waals surface area contributed by atoms with E-state index in [-0.39, 0.29) is 4.90 Å². The van der Waals surface area contributed by atoms with Crippen LogP contribution in [0.25, 0.3) is 11.1 Å². The van der Waals surface area contributed by atoms with Crippen molar-refractivity contribution in [2.75, 3.05) is 19.8 Å². The number of nitrogen functional groups attached to an aromatic ring is 1. The fourth-order valence-corrected chi connectivity index (χ4v) is 3.27. The fraction of sp³-hybridized carbons (Fsp3) is 0.143. The molecule has 0 aliphatic rings. The minimum Gasteiger partial charge on any atom is -0.398 e. The number of nitrogens with zero attached hydrogens (tertiary/aromatic N) is 1. The first kappa shape index (κ1) is 15.0. The smallest absolute Gasteiger partial charge is 0.242 e. The van der Waals surface area contributed by atoms with Crippen LogP contribution in [-0.4, -0.2) is 26.8 Å². The Balaban J connectivity index is 2.55. The Bertz CT molecular complexity index is 743. The van der Waals surface area contributed by atoms with Gasteiger partial charge in [-0.15, -0.1) is 0 Å². The van der Waals surface area contributed by atoms with Crippen LogP contribution < -0.4 is 5.73 Å². The van der Waals surface area contributed by atoms with Gasteiger partial charge in [0.2, 0.25) is 10.0 Å². The standard InChI is InChI=1S/C14H15BrN2O2S/c1-17(2)20(18,19)10-7-8-12(14(16)9-10)11-5-3-4-6-13(11)15/h3-9H,16H2,1-2H3. The van der Waals surface area contributed by atoms with Crippen molar-refractivity contribution in [2.45, 2.75) is 4.90 Å². The maximum atomic E-state index is 12.1. The van der Waals surface area contributed by atoms with E-state index in [0.29, 0.717) is 5.69 Å². The molecule has 4 nitrogen and oxygen atoms in total. The molecule has 0 fully saturated rings. The minimum absolute atomic E-state index is 0.191. The molecule has 0 amide bonds. The number of halogens is 1. The van der Waals surface area contributed by atoms with E-state index in [9.17, 15) is 8.42 Å². The second-order valence-corrected chi connectivity index (χ2v) is 7.52. The molecule has 20 heavy (non-hydrogen) atoms. The Morgan fingerprint density at radius 1 is 1.05 bits per heavy atom. The number of nitrogens with two attached hydrogens (primary N) is 1. The maximum Gasteiger partial charge on any atom is 0.242 e. The fourth-order valence-electron chi connectivity index (χ4n) is 1.84. The van der Waals surface area contributed by atoms with Crippen LogP contribution in [0.15, 0.2) is 51.8 Å². The van der Waals surface area contributed by atoms with Gasteiger partial charge < -0.3 is 5.73 Å². The van der Waals surface area contributed by atoms with Crippen molar-refractivity contribution in [3.05, 3.63) is 46.9 Å². The number of sulfonamides is 1. The van der Waals surface area contributed by atoms with Gasteiger partial charge in [0.1, 0.15) is 0 Å². The van der Waals surface area contributed by atoms with Crippen LogP contribution in [-0.2, 0) is 10.0 Å². The monoisotopic (exact) mass is 354 g/mol. The summed E-state index contributed by atoms with van der Waals surface area (Å²) in [6, 6.07) is 12.4. The SMILES string of the molecule is CN(C)S(=O)(=O)c1ccc(-c2ccccc2Br)c(N)c1. The average Bonchev–Trinajstić information content (AvgIpc) is 2.39. The third-order valence-electron chi connectivity index (χ3n) is 2.97. The van der Waals surface area contributed by atoms with E-state index in [1.807, 2.05) is 24.3 Å². The van der Waals surface area contributed by atoms with Gasteiger partial charge in [0.05, 0.1) is 4.90 Å². The molecule has 0 aromatic heterocycles. The molecule has 2 rings (SSSR count). The topological polar surface area (TPSA) is 63.4 Å². The molecule has 0 atom stereocenters. The van der Waals surface area contributed by atoms with Crippen LogP contribution in [0.4, 0.5) is 5.69 Å². The second-order valence-electron chi connectivity index (χ2n) is 4.52. The molecule has 2 aromatic rings. The van der Waals surface area contributed by atoms with Crippen molar-refractivity contribution in [2.24, 2.45) is 0 Å². The molecule has 2 aromatic carbocycles. The molecule has 0 saturated carbocycles. The Morgan fingerprint density at radius 3 is 2.25 bits per heavy atom. The summed E-state index contributed by atoms with van der Waals surface area (Å²) < 4.78 is 26.2. The lowest BCUT2D eigenvalue weighted by molar-refractivity contribution is 0.521. The maximum absolute atomic E-state index is 12.1. The van der Waals surface area contributed by atoms with Gasteiger partial charge in [-0.25, -0.2) is 12.7 Å². The van der Waals surface area contributed by atoms with E-state index in [2.05, 4.69) is 15.9 Å². The molecular weight excluding hydrogens is 340 g/mol. The van der Waals surface area contributed by atoms with Crippen LogP contribution >= 0.6 is 15.9 Å². The van der Waals surface area contributed by atoms with E-state index >= 15 is 0 Å². The summed E-state index contributed by atoms with van der Waals surface area (Å²) >= 11 is 3.47. The van der Waals surface area contributed by atoms with Gasteiger partial charge in [0.25, 0.3) is 0 Å². The molecule has 0 radical (unpaired) electrons. The van der Waals surface area contributed by atoms with E-state index in [4.69, 9.17) is 5.73 Å². The van der Waals surface area contributed by atoms with Crippen LogP contribution in [0.3, 0.4) is 0 Å². The van der Waals surface area contributed by atoms with Crippen molar-refractivity contribution in [1.82, 2.24) is 4.31 Å².